The van der Waals surface area contributed by atoms with E-state index in [1.807, 2.05) is 60.7 Å². The second-order valence-corrected chi connectivity index (χ2v) is 4.50. The zero-order valence-corrected chi connectivity index (χ0v) is 12.1. The zero-order chi connectivity index (χ0) is 16.2. The maximum atomic E-state index is 11.8. The van der Waals surface area contributed by atoms with Crippen molar-refractivity contribution >= 4 is 13.7 Å². The number of benzene rings is 2. The van der Waals surface area contributed by atoms with Crippen molar-refractivity contribution in [2.24, 2.45) is 5.73 Å². The Labute approximate surface area is 130 Å². The number of hydrogen-bond donors (Lipinski definition) is 3. The molecule has 2 aromatic carbocycles. The molecule has 0 fully saturated rings. The van der Waals surface area contributed by atoms with Gasteiger partial charge in [-0.1, -0.05) is 60.7 Å². The largest absolute Gasteiger partial charge is 0.482 e. The van der Waals surface area contributed by atoms with E-state index < -0.39 is 6.04 Å². The second kappa shape index (κ2) is 10.6. The van der Waals surface area contributed by atoms with Crippen molar-refractivity contribution in [1.29, 1.82) is 0 Å². The fraction of sp³-hybridized carbons (Fsp3) is 0.188. The molecule has 0 saturated carbocycles. The van der Waals surface area contributed by atoms with Crippen molar-refractivity contribution in [2.45, 2.75) is 19.1 Å². The van der Waals surface area contributed by atoms with Crippen molar-refractivity contribution in [2.75, 3.05) is 0 Å². The molecule has 0 heterocycles. The van der Waals surface area contributed by atoms with E-state index in [0.29, 0.717) is 6.42 Å². The minimum atomic E-state index is -0.619. The number of esters is 1. The van der Waals surface area contributed by atoms with Crippen molar-refractivity contribution in [3.05, 3.63) is 71.8 Å². The van der Waals surface area contributed by atoms with E-state index in [0.717, 1.165) is 11.1 Å². The molecule has 2 rings (SSSR count). The molecule has 4 N–H and O–H groups in total. The van der Waals surface area contributed by atoms with Crippen LogP contribution in [0, 0.1) is 0 Å². The Morgan fingerprint density at radius 1 is 1.00 bits per heavy atom. The average molecular weight is 300 g/mol. The zero-order valence-electron chi connectivity index (χ0n) is 12.1. The highest BCUT2D eigenvalue weighted by molar-refractivity contribution is 6.13. The standard InChI is InChI=1S/C16H17NO2.BH2O2/c17-15(11-13-7-3-1-4-8-13)16(18)19-12-14-9-5-2-6-10-14;2-1-3/h1-10,15H,11-12,17H2;2-3H/t15-;/m1./s1. The number of carbonyl (C=O) groups is 1. The van der Waals surface area contributed by atoms with Gasteiger partial charge in [0.15, 0.2) is 0 Å². The summed E-state index contributed by atoms with van der Waals surface area (Å²) < 4.78 is 5.20. The molecule has 0 unspecified atom stereocenters. The Morgan fingerprint density at radius 3 is 1.95 bits per heavy atom. The van der Waals surface area contributed by atoms with Crippen LogP contribution in [0.25, 0.3) is 0 Å². The molecule has 5 nitrogen and oxygen atoms in total. The average Bonchev–Trinajstić information content (AvgIpc) is 2.55. The molecule has 2 aromatic rings. The van der Waals surface area contributed by atoms with Crippen LogP contribution >= 0.6 is 0 Å². The van der Waals surface area contributed by atoms with Gasteiger partial charge in [-0.2, -0.15) is 0 Å². The van der Waals surface area contributed by atoms with Gasteiger partial charge in [0.2, 0.25) is 0 Å². The first-order valence-corrected chi connectivity index (χ1v) is 6.77. The first kappa shape index (κ1) is 17.9. The number of nitrogens with two attached hydrogens (primary N) is 1. The van der Waals surface area contributed by atoms with Crippen LogP contribution in [0.2, 0.25) is 0 Å². The third kappa shape index (κ3) is 7.03. The molecule has 0 aliphatic carbocycles. The van der Waals surface area contributed by atoms with Gasteiger partial charge in [-0.15, -0.1) is 0 Å². The summed E-state index contributed by atoms with van der Waals surface area (Å²) in [6.07, 6.45) is 0.495. The van der Waals surface area contributed by atoms with Gasteiger partial charge in [-0.25, -0.2) is 0 Å². The maximum Gasteiger partial charge on any atom is 0.482 e. The lowest BCUT2D eigenvalue weighted by atomic mass is 10.1. The van der Waals surface area contributed by atoms with Crippen LogP contribution in [0.5, 0.6) is 0 Å². The van der Waals surface area contributed by atoms with Crippen molar-refractivity contribution in [3.8, 4) is 0 Å². The Kier molecular flexibility index (Phi) is 8.60. The Morgan fingerprint density at radius 2 is 1.45 bits per heavy atom. The van der Waals surface area contributed by atoms with Crippen LogP contribution in [0.1, 0.15) is 11.1 Å². The quantitative estimate of drug-likeness (QED) is 0.561. The molecule has 0 bridgehead atoms. The molecule has 0 spiro atoms. The van der Waals surface area contributed by atoms with Crippen LogP contribution in [-0.2, 0) is 22.6 Å². The summed E-state index contributed by atoms with van der Waals surface area (Å²) in [6.45, 7) is 0.266. The Balaban J connectivity index is 0.000000745. The molecular weight excluding hydrogens is 281 g/mol. The Bertz CT molecular complexity index is 536. The topological polar surface area (TPSA) is 92.8 Å². The lowest BCUT2D eigenvalue weighted by molar-refractivity contribution is -0.146. The van der Waals surface area contributed by atoms with Crippen LogP contribution < -0.4 is 5.73 Å². The maximum absolute atomic E-state index is 11.8. The van der Waals surface area contributed by atoms with Crippen molar-refractivity contribution in [1.82, 2.24) is 0 Å². The highest BCUT2D eigenvalue weighted by Crippen LogP contribution is 2.05. The van der Waals surface area contributed by atoms with Crippen molar-refractivity contribution in [3.63, 3.8) is 0 Å². The van der Waals surface area contributed by atoms with E-state index in [4.69, 9.17) is 20.5 Å². The molecule has 0 amide bonds. The molecule has 0 saturated heterocycles. The van der Waals surface area contributed by atoms with Gasteiger partial charge < -0.3 is 20.5 Å². The van der Waals surface area contributed by atoms with E-state index in [9.17, 15) is 4.79 Å². The third-order valence-electron chi connectivity index (χ3n) is 2.83. The van der Waals surface area contributed by atoms with Gasteiger partial charge in [0, 0.05) is 0 Å². The highest BCUT2D eigenvalue weighted by atomic mass is 16.5. The summed E-state index contributed by atoms with van der Waals surface area (Å²) in [5.41, 5.74) is 7.83. The first-order chi connectivity index (χ1) is 10.7. The van der Waals surface area contributed by atoms with Gasteiger partial charge in [0.25, 0.3) is 0 Å². The number of rotatable bonds is 5. The molecular formula is C16H19BNO4. The first-order valence-electron chi connectivity index (χ1n) is 6.77. The molecule has 6 heteroatoms. The smallest absolute Gasteiger partial charge is 0.460 e. The highest BCUT2D eigenvalue weighted by Gasteiger charge is 2.15. The predicted octanol–water partition coefficient (Wildman–Crippen LogP) is 0.805. The summed E-state index contributed by atoms with van der Waals surface area (Å²) in [7, 11) is 0. The number of ether oxygens (including phenoxy) is 1. The summed E-state index contributed by atoms with van der Waals surface area (Å²) >= 11 is 0. The molecule has 0 aliphatic heterocycles. The normalized spacial score (nSPS) is 10.9. The molecule has 1 atom stereocenters. The van der Waals surface area contributed by atoms with E-state index in [1.54, 1.807) is 0 Å². The van der Waals surface area contributed by atoms with E-state index in [-0.39, 0.29) is 20.3 Å². The second-order valence-electron chi connectivity index (χ2n) is 4.50. The summed E-state index contributed by atoms with van der Waals surface area (Å²) in [4.78, 5) is 11.8. The number of hydrogen-bond acceptors (Lipinski definition) is 5. The molecule has 0 aliphatic rings. The van der Waals surface area contributed by atoms with Gasteiger partial charge in [-0.05, 0) is 17.5 Å². The van der Waals surface area contributed by atoms with Gasteiger partial charge in [0.1, 0.15) is 12.6 Å². The van der Waals surface area contributed by atoms with Gasteiger partial charge >= 0.3 is 13.7 Å². The summed E-state index contributed by atoms with van der Waals surface area (Å²) in [5.74, 6) is -0.368. The van der Waals surface area contributed by atoms with Crippen LogP contribution in [0.4, 0.5) is 0 Å². The monoisotopic (exact) mass is 300 g/mol. The molecule has 0 aromatic heterocycles. The minimum absolute atomic E-state index is 0. The van der Waals surface area contributed by atoms with Crippen LogP contribution in [0.3, 0.4) is 0 Å². The van der Waals surface area contributed by atoms with Crippen LogP contribution in [-0.4, -0.2) is 29.7 Å². The lowest BCUT2D eigenvalue weighted by Gasteiger charge is -2.11. The lowest BCUT2D eigenvalue weighted by Crippen LogP contribution is -2.34. The Hall–Kier alpha value is -2.15. The summed E-state index contributed by atoms with van der Waals surface area (Å²) in [6, 6.07) is 18.6. The fourth-order valence-electron chi connectivity index (χ4n) is 1.79. The van der Waals surface area contributed by atoms with Gasteiger partial charge in [-0.3, -0.25) is 4.79 Å². The van der Waals surface area contributed by atoms with E-state index in [1.165, 1.54) is 0 Å². The minimum Gasteiger partial charge on any atom is -0.460 e. The molecule has 115 valence electrons. The predicted molar refractivity (Wildman–Crippen MR) is 84.6 cm³/mol. The van der Waals surface area contributed by atoms with Crippen molar-refractivity contribution < 1.29 is 19.6 Å². The third-order valence-corrected chi connectivity index (χ3v) is 2.83. The molecule has 1 radical (unpaired) electrons. The van der Waals surface area contributed by atoms with E-state index >= 15 is 0 Å². The molecule has 22 heavy (non-hydrogen) atoms. The summed E-state index contributed by atoms with van der Waals surface area (Å²) in [5, 5.41) is 14.0. The SMILES string of the molecule is N[C@H](Cc1ccccc1)C(=O)OCc1ccccc1.O[B]O. The van der Waals surface area contributed by atoms with E-state index in [2.05, 4.69) is 0 Å². The van der Waals surface area contributed by atoms with Crippen LogP contribution in [0.15, 0.2) is 60.7 Å². The van der Waals surface area contributed by atoms with Gasteiger partial charge in [0.05, 0.1) is 0 Å². The number of carbonyl (C=O) groups excluding carboxylic acids is 1. The fourth-order valence-corrected chi connectivity index (χ4v) is 1.79.